The van der Waals surface area contributed by atoms with Gasteiger partial charge in [0, 0.05) is 39.9 Å². The van der Waals surface area contributed by atoms with Crippen LogP contribution in [0.4, 0.5) is 5.69 Å². The highest BCUT2D eigenvalue weighted by molar-refractivity contribution is 6.30. The number of nitrogens with one attached hydrogen (secondary N) is 1. The van der Waals surface area contributed by atoms with Crippen LogP contribution in [0.3, 0.4) is 0 Å². The van der Waals surface area contributed by atoms with E-state index in [1.807, 2.05) is 86.8 Å². The third kappa shape index (κ3) is 4.59. The van der Waals surface area contributed by atoms with E-state index in [2.05, 4.69) is 16.0 Å². The normalized spacial score (nSPS) is 11.4. The molecule has 4 aromatic rings. The van der Waals surface area contributed by atoms with Crippen LogP contribution in [0.25, 0.3) is 17.0 Å². The molecule has 0 bridgehead atoms. The number of nitrogens with zero attached hydrogens (tertiary/aromatic N) is 2. The molecule has 32 heavy (non-hydrogen) atoms. The number of fused-ring (bicyclic) bond motifs is 1. The third-order valence-electron chi connectivity index (χ3n) is 5.39. The van der Waals surface area contributed by atoms with Crippen LogP contribution in [0.15, 0.2) is 78.5 Å². The Morgan fingerprint density at radius 1 is 1.09 bits per heavy atom. The van der Waals surface area contributed by atoms with Crippen LogP contribution in [0.5, 0.6) is 0 Å². The number of anilines is 1. The molecular weight excluding hydrogens is 418 g/mol. The summed E-state index contributed by atoms with van der Waals surface area (Å²) in [7, 11) is 0. The second kappa shape index (κ2) is 9.13. The minimum absolute atomic E-state index is 0.0558. The molecule has 0 fully saturated rings. The van der Waals surface area contributed by atoms with Gasteiger partial charge in [0.1, 0.15) is 11.6 Å². The molecule has 4 nitrogen and oxygen atoms in total. The molecule has 0 saturated heterocycles. The standard InChI is InChI=1S/C27H22ClN3O/c1-18-7-8-19(2)25(13-18)30-27(32)21(15-29)14-22-17-31(26-6-4-3-5-24(22)26)16-20-9-11-23(28)12-10-20/h3-14,17H,16H2,1-2H3,(H,30,32)/b21-14+. The molecule has 0 saturated carbocycles. The first kappa shape index (κ1) is 21.4. The van der Waals surface area contributed by atoms with E-state index in [-0.39, 0.29) is 5.57 Å². The second-order valence-electron chi connectivity index (χ2n) is 7.80. The van der Waals surface area contributed by atoms with Crippen LogP contribution in [-0.2, 0) is 11.3 Å². The topological polar surface area (TPSA) is 57.8 Å². The summed E-state index contributed by atoms with van der Waals surface area (Å²) < 4.78 is 2.11. The van der Waals surface area contributed by atoms with Crippen molar-refractivity contribution >= 4 is 40.2 Å². The van der Waals surface area contributed by atoms with Gasteiger partial charge in [-0.25, -0.2) is 0 Å². The van der Waals surface area contributed by atoms with Gasteiger partial charge in [-0.1, -0.05) is 54.1 Å². The Hall–Kier alpha value is -3.81. The first-order valence-corrected chi connectivity index (χ1v) is 10.6. The Morgan fingerprint density at radius 2 is 1.84 bits per heavy atom. The molecule has 4 rings (SSSR count). The summed E-state index contributed by atoms with van der Waals surface area (Å²) in [5.74, 6) is -0.421. The maximum atomic E-state index is 12.9. The lowest BCUT2D eigenvalue weighted by atomic mass is 10.1. The van der Waals surface area contributed by atoms with Crippen LogP contribution in [-0.4, -0.2) is 10.5 Å². The number of rotatable bonds is 5. The van der Waals surface area contributed by atoms with Gasteiger partial charge in [0.25, 0.3) is 5.91 Å². The number of hydrogen-bond acceptors (Lipinski definition) is 2. The van der Waals surface area contributed by atoms with Gasteiger partial charge in [0.2, 0.25) is 0 Å². The number of para-hydroxylation sites is 1. The number of carbonyl (C=O) groups is 1. The predicted molar refractivity (Wildman–Crippen MR) is 131 cm³/mol. The summed E-state index contributed by atoms with van der Waals surface area (Å²) in [5.41, 5.74) is 5.71. The number of benzene rings is 3. The average molecular weight is 440 g/mol. The maximum Gasteiger partial charge on any atom is 0.266 e. The van der Waals surface area contributed by atoms with Gasteiger partial charge in [-0.05, 0) is 60.9 Å². The molecule has 0 aliphatic carbocycles. The molecule has 0 aliphatic rings. The SMILES string of the molecule is Cc1ccc(C)c(NC(=O)/C(C#N)=C/c2cn(Cc3ccc(Cl)cc3)c3ccccc23)c1. The van der Waals surface area contributed by atoms with Gasteiger partial charge in [0.15, 0.2) is 0 Å². The van der Waals surface area contributed by atoms with Crippen molar-refractivity contribution in [3.63, 3.8) is 0 Å². The van der Waals surface area contributed by atoms with Crippen molar-refractivity contribution in [3.8, 4) is 6.07 Å². The van der Waals surface area contributed by atoms with Gasteiger partial charge >= 0.3 is 0 Å². The zero-order valence-corrected chi connectivity index (χ0v) is 18.6. The van der Waals surface area contributed by atoms with Crippen molar-refractivity contribution in [3.05, 3.63) is 106 Å². The molecule has 0 spiro atoms. The van der Waals surface area contributed by atoms with Gasteiger partial charge in [-0.15, -0.1) is 0 Å². The monoisotopic (exact) mass is 439 g/mol. The van der Waals surface area contributed by atoms with E-state index in [9.17, 15) is 10.1 Å². The van der Waals surface area contributed by atoms with Gasteiger partial charge in [-0.2, -0.15) is 5.26 Å². The Morgan fingerprint density at radius 3 is 2.59 bits per heavy atom. The number of hydrogen-bond donors (Lipinski definition) is 1. The van der Waals surface area contributed by atoms with Crippen molar-refractivity contribution in [2.24, 2.45) is 0 Å². The minimum Gasteiger partial charge on any atom is -0.342 e. The number of halogens is 1. The minimum atomic E-state index is -0.421. The summed E-state index contributed by atoms with van der Waals surface area (Å²) >= 11 is 6.01. The van der Waals surface area contributed by atoms with Gasteiger partial charge in [0.05, 0.1) is 0 Å². The fraction of sp³-hybridized carbons (Fsp3) is 0.111. The van der Waals surface area contributed by atoms with Gasteiger partial charge in [-0.3, -0.25) is 4.79 Å². The van der Waals surface area contributed by atoms with Crippen LogP contribution >= 0.6 is 11.6 Å². The summed E-state index contributed by atoms with van der Waals surface area (Å²) in [5, 5.41) is 14.3. The molecule has 3 aromatic carbocycles. The fourth-order valence-corrected chi connectivity index (χ4v) is 3.80. The average Bonchev–Trinajstić information content (AvgIpc) is 3.13. The molecule has 1 heterocycles. The van der Waals surface area contributed by atoms with E-state index in [0.29, 0.717) is 17.3 Å². The molecule has 0 aliphatic heterocycles. The summed E-state index contributed by atoms with van der Waals surface area (Å²) in [6.45, 7) is 4.54. The first-order valence-electron chi connectivity index (χ1n) is 10.3. The summed E-state index contributed by atoms with van der Waals surface area (Å²) in [6.07, 6.45) is 3.63. The highest BCUT2D eigenvalue weighted by Crippen LogP contribution is 2.25. The van der Waals surface area contributed by atoms with Crippen LogP contribution in [0.2, 0.25) is 5.02 Å². The Labute approximate surface area is 192 Å². The molecular formula is C27H22ClN3O. The Kier molecular flexibility index (Phi) is 6.11. The number of nitriles is 1. The number of carbonyl (C=O) groups excluding carboxylic acids is 1. The summed E-state index contributed by atoms with van der Waals surface area (Å²) in [4.78, 5) is 12.9. The van der Waals surface area contributed by atoms with Crippen LogP contribution < -0.4 is 5.32 Å². The zero-order valence-electron chi connectivity index (χ0n) is 17.9. The van der Waals surface area contributed by atoms with Crippen molar-refractivity contribution in [1.29, 1.82) is 5.26 Å². The van der Waals surface area contributed by atoms with Crippen molar-refractivity contribution in [2.45, 2.75) is 20.4 Å². The van der Waals surface area contributed by atoms with E-state index in [1.54, 1.807) is 6.08 Å². The van der Waals surface area contributed by atoms with E-state index in [1.165, 1.54) is 0 Å². The lowest BCUT2D eigenvalue weighted by Crippen LogP contribution is -2.14. The van der Waals surface area contributed by atoms with E-state index >= 15 is 0 Å². The fourth-order valence-electron chi connectivity index (χ4n) is 3.67. The highest BCUT2D eigenvalue weighted by Gasteiger charge is 2.14. The number of aromatic nitrogens is 1. The second-order valence-corrected chi connectivity index (χ2v) is 8.23. The Balaban J connectivity index is 1.68. The van der Waals surface area contributed by atoms with Gasteiger partial charge < -0.3 is 9.88 Å². The smallest absolute Gasteiger partial charge is 0.266 e. The molecule has 1 amide bonds. The summed E-state index contributed by atoms with van der Waals surface area (Å²) in [6, 6.07) is 23.6. The molecule has 5 heteroatoms. The molecule has 0 atom stereocenters. The largest absolute Gasteiger partial charge is 0.342 e. The molecule has 158 valence electrons. The maximum absolute atomic E-state index is 12.9. The van der Waals surface area contributed by atoms with E-state index < -0.39 is 5.91 Å². The van der Waals surface area contributed by atoms with Crippen molar-refractivity contribution in [1.82, 2.24) is 4.57 Å². The molecule has 0 radical (unpaired) electrons. The third-order valence-corrected chi connectivity index (χ3v) is 5.64. The van der Waals surface area contributed by atoms with E-state index in [0.717, 1.165) is 33.2 Å². The lowest BCUT2D eigenvalue weighted by Gasteiger charge is -2.08. The number of amides is 1. The zero-order chi connectivity index (χ0) is 22.7. The quantitative estimate of drug-likeness (QED) is 0.285. The van der Waals surface area contributed by atoms with Crippen molar-refractivity contribution < 1.29 is 4.79 Å². The molecule has 1 N–H and O–H groups in total. The Bertz CT molecular complexity index is 1370. The molecule has 0 unspecified atom stereocenters. The van der Waals surface area contributed by atoms with Crippen LogP contribution in [0, 0.1) is 25.2 Å². The van der Waals surface area contributed by atoms with Crippen molar-refractivity contribution in [2.75, 3.05) is 5.32 Å². The predicted octanol–water partition coefficient (Wildman–Crippen LogP) is 6.51. The van der Waals surface area contributed by atoms with Crippen LogP contribution in [0.1, 0.15) is 22.3 Å². The highest BCUT2D eigenvalue weighted by atomic mass is 35.5. The van der Waals surface area contributed by atoms with E-state index in [4.69, 9.17) is 11.6 Å². The molecule has 1 aromatic heterocycles. The lowest BCUT2D eigenvalue weighted by molar-refractivity contribution is -0.112. The number of aryl methyl sites for hydroxylation is 2. The first-order chi connectivity index (χ1) is 15.4.